The minimum Gasteiger partial charge on any atom is -0.311 e. The Morgan fingerprint density at radius 3 is 1.47 bits per heavy atom. The first-order chi connectivity index (χ1) is 28.0. The minimum atomic E-state index is -0.00366. The number of thiophene rings is 2. The van der Waals surface area contributed by atoms with Crippen molar-refractivity contribution in [2.75, 3.05) is 4.90 Å². The van der Waals surface area contributed by atoms with E-state index in [1.54, 1.807) is 0 Å². The lowest BCUT2D eigenvalue weighted by molar-refractivity contribution is 0.660. The second-order valence-corrected chi connectivity index (χ2v) is 19.0. The van der Waals surface area contributed by atoms with E-state index in [9.17, 15) is 0 Å². The van der Waals surface area contributed by atoms with Crippen LogP contribution in [0.15, 0.2) is 146 Å². The van der Waals surface area contributed by atoms with Crippen molar-refractivity contribution in [2.24, 2.45) is 0 Å². The highest BCUT2D eigenvalue weighted by Crippen LogP contribution is 2.50. The molecule has 10 rings (SSSR count). The summed E-state index contributed by atoms with van der Waals surface area (Å²) in [5.74, 6) is 0.565. The van der Waals surface area contributed by atoms with Gasteiger partial charge in [0.2, 0.25) is 0 Å². The molecular formula is C55H51NS2. The quantitative estimate of drug-likeness (QED) is 0.162. The fourth-order valence-electron chi connectivity index (χ4n) is 8.63. The van der Waals surface area contributed by atoms with Crippen molar-refractivity contribution in [3.63, 3.8) is 0 Å². The van der Waals surface area contributed by atoms with E-state index >= 15 is 0 Å². The summed E-state index contributed by atoms with van der Waals surface area (Å²) in [6.07, 6.45) is 1.15. The normalized spacial score (nSPS) is 13.3. The Balaban J connectivity index is 0.000000200. The predicted molar refractivity (Wildman–Crippen MR) is 256 cm³/mol. The fourth-order valence-corrected chi connectivity index (χ4v) is 11.5. The zero-order chi connectivity index (χ0) is 40.3. The molecule has 288 valence electrons. The standard InChI is InChI=1S/C39H39N.C16H12S2/c1-7-28(4)29-11-18-33(19-12-29)40(32-16-8-26(2)9-17-32)34-20-13-30(14-21-34)31-15-23-36-35-22-10-27(3)24-37(35)39(5,6)38(36)25-31;1-9-3-5-11-13(7-9)17-16-12-6-4-10(2)8-14(12)18-15(11)16/h8-25,28H,7H2,1-6H3;3-8H,1-2H3. The molecule has 9 aromatic rings. The summed E-state index contributed by atoms with van der Waals surface area (Å²) in [7, 11) is 0. The molecule has 58 heavy (non-hydrogen) atoms. The van der Waals surface area contributed by atoms with Gasteiger partial charge in [-0.05, 0) is 145 Å². The summed E-state index contributed by atoms with van der Waals surface area (Å²) in [6, 6.07) is 54.4. The van der Waals surface area contributed by atoms with Crippen LogP contribution in [0, 0.1) is 27.7 Å². The van der Waals surface area contributed by atoms with Crippen LogP contribution in [0.4, 0.5) is 17.1 Å². The maximum absolute atomic E-state index is 2.41. The molecule has 1 aliphatic carbocycles. The summed E-state index contributed by atoms with van der Waals surface area (Å²) in [4.78, 5) is 2.36. The Kier molecular flexibility index (Phi) is 9.87. The van der Waals surface area contributed by atoms with Crippen molar-refractivity contribution in [3.05, 3.63) is 185 Å². The molecule has 0 spiro atoms. The minimum absolute atomic E-state index is 0.00366. The van der Waals surface area contributed by atoms with Gasteiger partial charge in [0.1, 0.15) is 0 Å². The number of hydrogen-bond donors (Lipinski definition) is 0. The second kappa shape index (κ2) is 15.0. The van der Waals surface area contributed by atoms with Gasteiger partial charge in [-0.25, -0.2) is 0 Å². The van der Waals surface area contributed by atoms with Crippen LogP contribution in [-0.4, -0.2) is 0 Å². The van der Waals surface area contributed by atoms with E-state index in [1.165, 1.54) is 102 Å². The van der Waals surface area contributed by atoms with E-state index in [0.717, 1.165) is 12.1 Å². The molecular weight excluding hydrogens is 739 g/mol. The monoisotopic (exact) mass is 789 g/mol. The van der Waals surface area contributed by atoms with Crippen LogP contribution in [0.5, 0.6) is 0 Å². The van der Waals surface area contributed by atoms with E-state index in [1.807, 2.05) is 22.7 Å². The second-order valence-electron chi connectivity index (χ2n) is 16.9. The lowest BCUT2D eigenvalue weighted by atomic mass is 9.81. The van der Waals surface area contributed by atoms with Crippen LogP contribution in [0.2, 0.25) is 0 Å². The Morgan fingerprint density at radius 2 is 0.914 bits per heavy atom. The first-order valence-electron chi connectivity index (χ1n) is 20.6. The number of fused-ring (bicyclic) bond motifs is 8. The zero-order valence-corrected chi connectivity index (χ0v) is 36.5. The highest BCUT2D eigenvalue weighted by molar-refractivity contribution is 7.36. The smallest absolute Gasteiger partial charge is 0.0542 e. The first-order valence-corrected chi connectivity index (χ1v) is 22.3. The first kappa shape index (κ1) is 38.1. The fraction of sp³-hybridized carbons (Fsp3) is 0.200. The zero-order valence-electron chi connectivity index (χ0n) is 34.9. The van der Waals surface area contributed by atoms with E-state index in [4.69, 9.17) is 0 Å². The van der Waals surface area contributed by atoms with Gasteiger partial charge in [0, 0.05) is 42.6 Å². The average molecular weight is 790 g/mol. The molecule has 7 aromatic carbocycles. The van der Waals surface area contributed by atoms with Crippen molar-refractivity contribution >= 4 is 69.3 Å². The lowest BCUT2D eigenvalue weighted by Crippen LogP contribution is -2.15. The van der Waals surface area contributed by atoms with E-state index < -0.39 is 0 Å². The van der Waals surface area contributed by atoms with Crippen LogP contribution < -0.4 is 4.90 Å². The van der Waals surface area contributed by atoms with Gasteiger partial charge >= 0.3 is 0 Å². The van der Waals surface area contributed by atoms with Gasteiger partial charge in [0.25, 0.3) is 0 Å². The van der Waals surface area contributed by atoms with Crippen LogP contribution in [0.3, 0.4) is 0 Å². The highest BCUT2D eigenvalue weighted by atomic mass is 32.1. The van der Waals surface area contributed by atoms with Crippen molar-refractivity contribution in [1.82, 2.24) is 0 Å². The third-order valence-electron chi connectivity index (χ3n) is 12.3. The van der Waals surface area contributed by atoms with Crippen LogP contribution in [-0.2, 0) is 5.41 Å². The molecule has 0 aliphatic heterocycles. The van der Waals surface area contributed by atoms with Crippen molar-refractivity contribution < 1.29 is 0 Å². The summed E-state index contributed by atoms with van der Waals surface area (Å²) in [5.41, 5.74) is 18.3. The highest BCUT2D eigenvalue weighted by Gasteiger charge is 2.35. The third kappa shape index (κ3) is 6.85. The van der Waals surface area contributed by atoms with Gasteiger partial charge in [0.15, 0.2) is 0 Å². The largest absolute Gasteiger partial charge is 0.311 e. The molecule has 3 heteroatoms. The maximum Gasteiger partial charge on any atom is 0.0542 e. The predicted octanol–water partition coefficient (Wildman–Crippen LogP) is 17.1. The van der Waals surface area contributed by atoms with Crippen molar-refractivity contribution in [2.45, 2.75) is 73.1 Å². The van der Waals surface area contributed by atoms with Crippen LogP contribution in [0.25, 0.3) is 51.8 Å². The van der Waals surface area contributed by atoms with Gasteiger partial charge in [-0.3, -0.25) is 0 Å². The number of nitrogens with zero attached hydrogens (tertiary/aromatic N) is 1. The maximum atomic E-state index is 2.41. The molecule has 0 N–H and O–H groups in total. The molecule has 1 nitrogen and oxygen atoms in total. The van der Waals surface area contributed by atoms with Crippen molar-refractivity contribution in [3.8, 4) is 22.3 Å². The molecule has 0 radical (unpaired) electrons. The Morgan fingerprint density at radius 1 is 0.483 bits per heavy atom. The van der Waals surface area contributed by atoms with E-state index in [-0.39, 0.29) is 5.41 Å². The van der Waals surface area contributed by atoms with E-state index in [0.29, 0.717) is 5.92 Å². The molecule has 2 heterocycles. The molecule has 2 aromatic heterocycles. The third-order valence-corrected chi connectivity index (χ3v) is 14.8. The molecule has 1 unspecified atom stereocenters. The van der Waals surface area contributed by atoms with Gasteiger partial charge < -0.3 is 4.90 Å². The van der Waals surface area contributed by atoms with Gasteiger partial charge in [-0.2, -0.15) is 0 Å². The van der Waals surface area contributed by atoms with Crippen LogP contribution in [0.1, 0.15) is 79.0 Å². The molecule has 1 aliphatic rings. The number of aryl methyl sites for hydroxylation is 4. The number of hydrogen-bond acceptors (Lipinski definition) is 3. The van der Waals surface area contributed by atoms with Crippen molar-refractivity contribution in [1.29, 1.82) is 0 Å². The van der Waals surface area contributed by atoms with Gasteiger partial charge in [-0.15, -0.1) is 22.7 Å². The Labute approximate surface area is 352 Å². The van der Waals surface area contributed by atoms with Gasteiger partial charge in [-0.1, -0.05) is 130 Å². The Hall–Kier alpha value is -5.48. The number of anilines is 3. The average Bonchev–Trinajstić information content (AvgIpc) is 3.83. The molecule has 0 saturated carbocycles. The summed E-state index contributed by atoms with van der Waals surface area (Å²) in [5, 5.41) is 2.83. The SMILES string of the molecule is CCC(C)c1ccc(N(c2ccc(C)cc2)c2ccc(-c3ccc4c(c3)C(C)(C)c3cc(C)ccc3-4)cc2)cc1.Cc1ccc2c(c1)sc1c3ccc(C)cc3sc21. The summed E-state index contributed by atoms with van der Waals surface area (Å²) >= 11 is 3.86. The van der Waals surface area contributed by atoms with E-state index in [2.05, 4.69) is 206 Å². The lowest BCUT2D eigenvalue weighted by Gasteiger charge is -2.26. The molecule has 0 saturated heterocycles. The summed E-state index contributed by atoms with van der Waals surface area (Å²) < 4.78 is 5.74. The number of benzene rings is 7. The van der Waals surface area contributed by atoms with Gasteiger partial charge in [0.05, 0.1) is 9.40 Å². The molecule has 0 fully saturated rings. The topological polar surface area (TPSA) is 3.24 Å². The van der Waals surface area contributed by atoms with Crippen LogP contribution >= 0.6 is 22.7 Å². The molecule has 0 amide bonds. The Bertz CT molecular complexity index is 2870. The molecule has 1 atom stereocenters. The summed E-state index contributed by atoms with van der Waals surface area (Å²) in [6.45, 7) is 17.9. The number of rotatable bonds is 6. The molecule has 0 bridgehead atoms.